The first-order valence-electron chi connectivity index (χ1n) is 6.40. The van der Waals surface area contributed by atoms with Crippen molar-refractivity contribution in [2.75, 3.05) is 0 Å². The minimum atomic E-state index is -0.470. The summed E-state index contributed by atoms with van der Waals surface area (Å²) in [6, 6.07) is 9.54. The first-order chi connectivity index (χ1) is 10.6. The Morgan fingerprint density at radius 1 is 1.27 bits per heavy atom. The summed E-state index contributed by atoms with van der Waals surface area (Å²) >= 11 is 4.91. The van der Waals surface area contributed by atoms with Gasteiger partial charge in [0.15, 0.2) is 5.75 Å². The van der Waals surface area contributed by atoms with Crippen molar-refractivity contribution in [1.29, 1.82) is 0 Å². The molecule has 0 bridgehead atoms. The minimum Gasteiger partial charge on any atom is -0.455 e. The zero-order chi connectivity index (χ0) is 15.5. The van der Waals surface area contributed by atoms with Gasteiger partial charge in [0.25, 0.3) is 0 Å². The maximum absolute atomic E-state index is 10.8. The van der Waals surface area contributed by atoms with Crippen LogP contribution >= 0.6 is 27.3 Å². The van der Waals surface area contributed by atoms with Crippen molar-refractivity contribution >= 4 is 49.3 Å². The van der Waals surface area contributed by atoms with E-state index in [0.29, 0.717) is 5.75 Å². The molecular formula is C16H11BrN2O2S. The smallest absolute Gasteiger partial charge is 0.241 e. The van der Waals surface area contributed by atoms with Crippen LogP contribution in [-0.4, -0.2) is 10.9 Å². The molecule has 0 saturated heterocycles. The van der Waals surface area contributed by atoms with Crippen molar-refractivity contribution in [3.63, 3.8) is 0 Å². The van der Waals surface area contributed by atoms with Gasteiger partial charge in [0, 0.05) is 27.0 Å². The predicted octanol–water partition coefficient (Wildman–Crippen LogP) is 4.35. The van der Waals surface area contributed by atoms with Gasteiger partial charge in [0.05, 0.1) is 10.9 Å². The number of carbonyl (C=O) groups is 1. The number of fused-ring (bicyclic) bond motifs is 1. The van der Waals surface area contributed by atoms with Crippen LogP contribution in [0.4, 0.5) is 0 Å². The van der Waals surface area contributed by atoms with Gasteiger partial charge in [-0.25, -0.2) is 0 Å². The molecule has 2 aromatic heterocycles. The number of carbonyl (C=O) groups excluding carboxylic acids is 1. The van der Waals surface area contributed by atoms with Crippen molar-refractivity contribution < 1.29 is 9.53 Å². The zero-order valence-corrected chi connectivity index (χ0v) is 13.7. The molecule has 0 aliphatic rings. The van der Waals surface area contributed by atoms with Crippen LogP contribution in [0.3, 0.4) is 0 Å². The number of nitrogens with zero attached hydrogens (tertiary/aromatic N) is 1. The highest BCUT2D eigenvalue weighted by Crippen LogP contribution is 2.35. The summed E-state index contributed by atoms with van der Waals surface area (Å²) in [4.78, 5) is 15.9. The number of hydrogen-bond acceptors (Lipinski definition) is 4. The molecule has 0 unspecified atom stereocenters. The number of amides is 1. The Morgan fingerprint density at radius 2 is 2.05 bits per heavy atom. The molecule has 0 fully saturated rings. The molecule has 2 heterocycles. The van der Waals surface area contributed by atoms with Gasteiger partial charge in [0.1, 0.15) is 5.75 Å². The molecular weight excluding hydrogens is 364 g/mol. The first-order valence-corrected chi connectivity index (χ1v) is 8.01. The van der Waals surface area contributed by atoms with E-state index in [9.17, 15) is 4.79 Å². The van der Waals surface area contributed by atoms with Crippen molar-refractivity contribution in [2.24, 2.45) is 5.73 Å². The highest BCUT2D eigenvalue weighted by molar-refractivity contribution is 9.10. The van der Waals surface area contributed by atoms with Gasteiger partial charge in [0.2, 0.25) is 5.91 Å². The minimum absolute atomic E-state index is 0.470. The number of thiophene rings is 1. The Hall–Kier alpha value is -2.18. The Bertz CT molecular complexity index is 856. The molecule has 0 aliphatic carbocycles. The molecule has 4 nitrogen and oxygen atoms in total. The molecule has 6 heteroatoms. The van der Waals surface area contributed by atoms with Crippen molar-refractivity contribution in [3.8, 4) is 11.5 Å². The third-order valence-corrected chi connectivity index (χ3v) is 4.45. The normalized spacial score (nSPS) is 11.1. The van der Waals surface area contributed by atoms with Gasteiger partial charge in [-0.15, -0.1) is 11.3 Å². The molecule has 1 aromatic carbocycles. The third-order valence-electron chi connectivity index (χ3n) is 2.88. The number of benzene rings is 1. The Morgan fingerprint density at radius 3 is 2.77 bits per heavy atom. The topological polar surface area (TPSA) is 65.2 Å². The highest BCUT2D eigenvalue weighted by Gasteiger charge is 2.08. The van der Waals surface area contributed by atoms with Gasteiger partial charge in [-0.05, 0) is 36.4 Å². The fraction of sp³-hybridized carbons (Fsp3) is 0. The van der Waals surface area contributed by atoms with Crippen LogP contribution < -0.4 is 10.5 Å². The fourth-order valence-corrected chi connectivity index (χ4v) is 3.13. The number of ether oxygens (including phenoxy) is 1. The molecule has 22 heavy (non-hydrogen) atoms. The number of pyridine rings is 1. The van der Waals surface area contributed by atoms with E-state index in [0.717, 1.165) is 25.2 Å². The van der Waals surface area contributed by atoms with Gasteiger partial charge < -0.3 is 10.5 Å². The lowest BCUT2D eigenvalue weighted by atomic mass is 10.2. The number of rotatable bonds is 4. The number of halogens is 1. The molecule has 110 valence electrons. The quantitative estimate of drug-likeness (QED) is 0.690. The molecule has 3 rings (SSSR count). The summed E-state index contributed by atoms with van der Waals surface area (Å²) in [6.07, 6.45) is 6.48. The van der Waals surface area contributed by atoms with Gasteiger partial charge in [-0.3, -0.25) is 9.78 Å². The number of nitrogens with two attached hydrogens (primary N) is 1. The maximum atomic E-state index is 10.8. The van der Waals surface area contributed by atoms with Gasteiger partial charge in [-0.2, -0.15) is 0 Å². The second-order valence-corrected chi connectivity index (χ2v) is 6.52. The Kier molecular flexibility index (Phi) is 4.22. The molecule has 0 aliphatic heterocycles. The van der Waals surface area contributed by atoms with Crippen LogP contribution in [0.25, 0.3) is 16.2 Å². The largest absolute Gasteiger partial charge is 0.455 e. The van der Waals surface area contributed by atoms with Crippen LogP contribution in [0.2, 0.25) is 0 Å². The average Bonchev–Trinajstić information content (AvgIpc) is 2.92. The van der Waals surface area contributed by atoms with E-state index < -0.39 is 5.91 Å². The zero-order valence-electron chi connectivity index (χ0n) is 11.3. The van der Waals surface area contributed by atoms with Crippen LogP contribution in [0.1, 0.15) is 4.88 Å². The lowest BCUT2D eigenvalue weighted by Gasteiger charge is -2.06. The summed E-state index contributed by atoms with van der Waals surface area (Å²) in [7, 11) is 0. The highest BCUT2D eigenvalue weighted by atomic mass is 79.9. The summed E-state index contributed by atoms with van der Waals surface area (Å²) < 4.78 is 7.87. The first kappa shape index (κ1) is 14.7. The summed E-state index contributed by atoms with van der Waals surface area (Å²) in [6.45, 7) is 0. The second-order valence-electron chi connectivity index (χ2n) is 4.49. The van der Waals surface area contributed by atoms with Crippen molar-refractivity contribution in [2.45, 2.75) is 0 Å². The standard InChI is InChI=1S/C16H11BrN2O2S/c17-10-1-3-11(4-2-10)21-14-8-19-9-15-13(14)7-12(22-15)5-6-16(18)20/h1-9H,(H2,18,20). The number of aromatic nitrogens is 1. The Balaban J connectivity index is 1.95. The van der Waals surface area contributed by atoms with Crippen molar-refractivity contribution in [1.82, 2.24) is 4.98 Å². The molecule has 1 amide bonds. The van der Waals surface area contributed by atoms with E-state index in [1.54, 1.807) is 18.5 Å². The third kappa shape index (κ3) is 3.35. The lowest BCUT2D eigenvalue weighted by Crippen LogP contribution is -2.04. The van der Waals surface area contributed by atoms with Crippen LogP contribution in [0, 0.1) is 0 Å². The average molecular weight is 375 g/mol. The SMILES string of the molecule is NC(=O)C=Cc1cc2c(Oc3ccc(Br)cc3)cncc2s1. The summed E-state index contributed by atoms with van der Waals surface area (Å²) in [5.41, 5.74) is 5.12. The van der Waals surface area contributed by atoms with Crippen LogP contribution in [-0.2, 0) is 4.79 Å². The van der Waals surface area contributed by atoms with Crippen molar-refractivity contribution in [3.05, 3.63) is 58.2 Å². The van der Waals surface area contributed by atoms with E-state index >= 15 is 0 Å². The molecule has 0 spiro atoms. The monoisotopic (exact) mass is 374 g/mol. The van der Waals surface area contributed by atoms with E-state index in [4.69, 9.17) is 10.5 Å². The van der Waals surface area contributed by atoms with Gasteiger partial charge >= 0.3 is 0 Å². The van der Waals surface area contributed by atoms with E-state index in [1.165, 1.54) is 17.4 Å². The lowest BCUT2D eigenvalue weighted by molar-refractivity contribution is -0.113. The second kappa shape index (κ2) is 6.29. The number of primary amides is 1. The Labute approximate surface area is 139 Å². The summed E-state index contributed by atoms with van der Waals surface area (Å²) in [5, 5.41) is 0.951. The molecule has 0 radical (unpaired) electrons. The maximum Gasteiger partial charge on any atom is 0.241 e. The number of hydrogen-bond donors (Lipinski definition) is 1. The molecule has 0 atom stereocenters. The fourth-order valence-electron chi connectivity index (χ4n) is 1.91. The molecule has 3 aromatic rings. The van der Waals surface area contributed by atoms with E-state index in [1.807, 2.05) is 30.3 Å². The van der Waals surface area contributed by atoms with Crippen LogP contribution in [0.15, 0.2) is 53.3 Å². The predicted molar refractivity (Wildman–Crippen MR) is 92.1 cm³/mol. The summed E-state index contributed by atoms with van der Waals surface area (Å²) in [5.74, 6) is 0.939. The van der Waals surface area contributed by atoms with E-state index in [2.05, 4.69) is 20.9 Å². The van der Waals surface area contributed by atoms with Gasteiger partial charge in [-0.1, -0.05) is 15.9 Å². The molecule has 0 saturated carbocycles. The molecule has 2 N–H and O–H groups in total. The van der Waals surface area contributed by atoms with Crippen LogP contribution in [0.5, 0.6) is 11.5 Å². The van der Waals surface area contributed by atoms with E-state index in [-0.39, 0.29) is 0 Å².